The number of carbonyl (C=O) groups is 1. The molecule has 0 bridgehead atoms. The van der Waals surface area contributed by atoms with Crippen molar-refractivity contribution in [3.63, 3.8) is 0 Å². The van der Waals surface area contributed by atoms with Gasteiger partial charge in [0, 0.05) is 22.7 Å². The molecule has 0 saturated heterocycles. The van der Waals surface area contributed by atoms with Gasteiger partial charge in [0.25, 0.3) is 0 Å². The lowest BCUT2D eigenvalue weighted by molar-refractivity contribution is 0.103. The number of halogens is 1. The maximum absolute atomic E-state index is 13.0. The number of pyridine rings is 1. The third-order valence-electron chi connectivity index (χ3n) is 5.49. The van der Waals surface area contributed by atoms with E-state index in [1.165, 1.54) is 0 Å². The van der Waals surface area contributed by atoms with Crippen molar-refractivity contribution in [3.05, 3.63) is 129 Å². The number of carbonyl (C=O) groups excluding carboxylic acids is 1. The summed E-state index contributed by atoms with van der Waals surface area (Å²) in [6.45, 7) is 0.609. The van der Waals surface area contributed by atoms with Gasteiger partial charge in [0.1, 0.15) is 11.5 Å². The van der Waals surface area contributed by atoms with Gasteiger partial charge in [-0.1, -0.05) is 66.2 Å². The molecule has 0 aliphatic carbocycles. The number of aromatic nitrogens is 1. The predicted octanol–water partition coefficient (Wildman–Crippen LogP) is 6.35. The summed E-state index contributed by atoms with van der Waals surface area (Å²) >= 11 is 5.91. The van der Waals surface area contributed by atoms with Crippen molar-refractivity contribution in [2.45, 2.75) is 6.54 Å². The minimum atomic E-state index is -0.485. The number of anilines is 1. The highest BCUT2D eigenvalue weighted by Crippen LogP contribution is 2.23. The maximum atomic E-state index is 13.0. The summed E-state index contributed by atoms with van der Waals surface area (Å²) in [7, 11) is 0. The van der Waals surface area contributed by atoms with E-state index in [1.807, 2.05) is 54.6 Å². The Kier molecular flexibility index (Phi) is 5.93. The first-order valence-electron chi connectivity index (χ1n) is 10.7. The largest absolute Gasteiger partial charge is 0.422 e. The summed E-state index contributed by atoms with van der Waals surface area (Å²) in [5, 5.41) is 5.02. The van der Waals surface area contributed by atoms with Crippen molar-refractivity contribution in [1.82, 2.24) is 4.98 Å². The first-order valence-corrected chi connectivity index (χ1v) is 11.1. The molecule has 0 saturated carbocycles. The van der Waals surface area contributed by atoms with Crippen LogP contribution >= 0.6 is 11.6 Å². The van der Waals surface area contributed by atoms with Crippen molar-refractivity contribution < 1.29 is 9.21 Å². The van der Waals surface area contributed by atoms with Crippen LogP contribution in [0.5, 0.6) is 0 Å². The molecular weight excluding hydrogens is 448 g/mol. The Bertz CT molecular complexity index is 1530. The lowest BCUT2D eigenvalue weighted by Gasteiger charge is -2.08. The van der Waals surface area contributed by atoms with Crippen LogP contribution in [0.15, 0.2) is 106 Å². The number of fused-ring (bicyclic) bond motifs is 1. The van der Waals surface area contributed by atoms with Crippen molar-refractivity contribution >= 4 is 33.8 Å². The van der Waals surface area contributed by atoms with Gasteiger partial charge in [-0.3, -0.25) is 9.78 Å². The van der Waals surface area contributed by atoms with Crippen LogP contribution in [-0.2, 0) is 6.54 Å². The zero-order valence-corrected chi connectivity index (χ0v) is 18.8. The molecular formula is C28H19ClN2O3. The smallest absolute Gasteiger partial charge is 0.344 e. The highest BCUT2D eigenvalue weighted by atomic mass is 35.5. The fourth-order valence-corrected chi connectivity index (χ4v) is 3.78. The minimum absolute atomic E-state index is 0.266. The SMILES string of the molecule is O=C(c1ccc2cc(-c3ccccc3)oc(=O)c2c1)c1ccc(NCc2ccc(Cl)cc2)cn1. The first-order chi connectivity index (χ1) is 16.6. The molecule has 0 fully saturated rings. The summed E-state index contributed by atoms with van der Waals surface area (Å²) in [5.74, 6) is 0.221. The van der Waals surface area contributed by atoms with E-state index in [-0.39, 0.29) is 5.78 Å². The fraction of sp³-hybridized carbons (Fsp3) is 0.0357. The molecule has 0 aliphatic rings. The number of hydrogen-bond acceptors (Lipinski definition) is 5. The van der Waals surface area contributed by atoms with Crippen molar-refractivity contribution in [2.75, 3.05) is 5.32 Å². The van der Waals surface area contributed by atoms with Gasteiger partial charge in [0.2, 0.25) is 5.78 Å². The number of hydrogen-bond donors (Lipinski definition) is 1. The summed E-state index contributed by atoms with van der Waals surface area (Å²) in [6.07, 6.45) is 1.62. The Morgan fingerprint density at radius 1 is 0.912 bits per heavy atom. The molecule has 0 unspecified atom stereocenters. The maximum Gasteiger partial charge on any atom is 0.344 e. The van der Waals surface area contributed by atoms with Gasteiger partial charge >= 0.3 is 5.63 Å². The van der Waals surface area contributed by atoms with Crippen LogP contribution in [0.4, 0.5) is 5.69 Å². The van der Waals surface area contributed by atoms with E-state index in [2.05, 4.69) is 10.3 Å². The van der Waals surface area contributed by atoms with Gasteiger partial charge in [-0.2, -0.15) is 0 Å². The quantitative estimate of drug-likeness (QED) is 0.295. The number of rotatable bonds is 6. The highest BCUT2D eigenvalue weighted by Gasteiger charge is 2.14. The molecule has 0 amide bonds. The highest BCUT2D eigenvalue weighted by molar-refractivity contribution is 6.30. The van der Waals surface area contributed by atoms with E-state index in [1.54, 1.807) is 42.6 Å². The Morgan fingerprint density at radius 3 is 2.44 bits per heavy atom. The molecule has 0 aliphatic heterocycles. The molecule has 2 aromatic heterocycles. The van der Waals surface area contributed by atoms with E-state index in [0.717, 1.165) is 16.8 Å². The predicted molar refractivity (Wildman–Crippen MR) is 134 cm³/mol. The molecule has 0 atom stereocenters. The van der Waals surface area contributed by atoms with Gasteiger partial charge in [-0.05, 0) is 47.3 Å². The zero-order chi connectivity index (χ0) is 23.5. The summed E-state index contributed by atoms with van der Waals surface area (Å²) in [5.41, 5.74) is 2.87. The first kappa shape index (κ1) is 21.6. The van der Waals surface area contributed by atoms with Gasteiger partial charge in [-0.25, -0.2) is 4.79 Å². The van der Waals surface area contributed by atoms with E-state index in [0.29, 0.717) is 39.4 Å². The average Bonchev–Trinajstić information content (AvgIpc) is 2.88. The molecule has 5 rings (SSSR count). The number of nitrogens with zero attached hydrogens (tertiary/aromatic N) is 1. The molecule has 5 aromatic rings. The van der Waals surface area contributed by atoms with Crippen LogP contribution in [-0.4, -0.2) is 10.8 Å². The van der Waals surface area contributed by atoms with Gasteiger partial charge in [0.15, 0.2) is 0 Å². The summed E-state index contributed by atoms with van der Waals surface area (Å²) in [6, 6.07) is 27.3. The Morgan fingerprint density at radius 2 is 1.71 bits per heavy atom. The van der Waals surface area contributed by atoms with E-state index < -0.39 is 5.63 Å². The van der Waals surface area contributed by atoms with Crippen molar-refractivity contribution in [1.29, 1.82) is 0 Å². The Balaban J connectivity index is 1.35. The standard InChI is InChI=1S/C28H19ClN2O3/c29-22-10-6-18(7-11-22)16-30-23-12-13-25(31-17-23)27(32)21-9-8-20-15-26(19-4-2-1-3-5-19)34-28(33)24(20)14-21/h1-15,17,30H,16H2. The Hall–Kier alpha value is -4.22. The number of nitrogens with one attached hydrogen (secondary N) is 1. The zero-order valence-electron chi connectivity index (χ0n) is 18.0. The number of ketones is 1. The van der Waals surface area contributed by atoms with E-state index >= 15 is 0 Å². The number of benzene rings is 3. The Labute approximate surface area is 200 Å². The van der Waals surface area contributed by atoms with Crippen LogP contribution in [0.25, 0.3) is 22.1 Å². The molecule has 5 nitrogen and oxygen atoms in total. The topological polar surface area (TPSA) is 72.2 Å². The molecule has 2 heterocycles. The van der Waals surface area contributed by atoms with Crippen LogP contribution in [0.1, 0.15) is 21.6 Å². The second-order valence-electron chi connectivity index (χ2n) is 7.81. The monoisotopic (exact) mass is 466 g/mol. The second-order valence-corrected chi connectivity index (χ2v) is 8.24. The molecule has 1 N–H and O–H groups in total. The normalized spacial score (nSPS) is 10.9. The lowest BCUT2D eigenvalue weighted by Crippen LogP contribution is -2.07. The lowest BCUT2D eigenvalue weighted by atomic mass is 10.0. The van der Waals surface area contributed by atoms with Gasteiger partial charge in [-0.15, -0.1) is 0 Å². The fourth-order valence-electron chi connectivity index (χ4n) is 3.66. The third-order valence-corrected chi connectivity index (χ3v) is 5.74. The van der Waals surface area contributed by atoms with Crippen LogP contribution < -0.4 is 10.9 Å². The minimum Gasteiger partial charge on any atom is -0.422 e. The third kappa shape index (κ3) is 4.60. The van der Waals surface area contributed by atoms with E-state index in [9.17, 15) is 9.59 Å². The molecule has 3 aromatic carbocycles. The van der Waals surface area contributed by atoms with Crippen molar-refractivity contribution in [3.8, 4) is 11.3 Å². The molecule has 6 heteroatoms. The molecule has 0 spiro atoms. The van der Waals surface area contributed by atoms with E-state index in [4.69, 9.17) is 16.0 Å². The molecule has 0 radical (unpaired) electrons. The van der Waals surface area contributed by atoms with Gasteiger partial charge in [0.05, 0.1) is 17.3 Å². The van der Waals surface area contributed by atoms with Crippen LogP contribution in [0.3, 0.4) is 0 Å². The summed E-state index contributed by atoms with van der Waals surface area (Å²) < 4.78 is 5.50. The van der Waals surface area contributed by atoms with Crippen molar-refractivity contribution in [2.24, 2.45) is 0 Å². The average molecular weight is 467 g/mol. The summed E-state index contributed by atoms with van der Waals surface area (Å²) in [4.78, 5) is 29.9. The second kappa shape index (κ2) is 9.33. The van der Waals surface area contributed by atoms with Gasteiger partial charge < -0.3 is 9.73 Å². The molecule has 34 heavy (non-hydrogen) atoms. The van der Waals surface area contributed by atoms with Crippen LogP contribution in [0.2, 0.25) is 5.02 Å². The van der Waals surface area contributed by atoms with Crippen LogP contribution in [0, 0.1) is 0 Å². The molecule has 166 valence electrons.